The predicted octanol–water partition coefficient (Wildman–Crippen LogP) is 4.02. The van der Waals surface area contributed by atoms with E-state index in [1.165, 1.54) is 6.07 Å². The molecule has 0 radical (unpaired) electrons. The molecule has 0 saturated carbocycles. The topological polar surface area (TPSA) is 76.2 Å². The minimum Gasteiger partial charge on any atom is -0.486 e. The zero-order valence-corrected chi connectivity index (χ0v) is 13.8. The van der Waals surface area contributed by atoms with Crippen LogP contribution in [-0.2, 0) is 0 Å². The number of rotatable bonds is 7. The molecule has 0 aliphatic rings. The SMILES string of the molecule is N#Cc1cc(I)c(OCCCCCBr)c([N+](=O)[O-])c1. The van der Waals surface area contributed by atoms with E-state index in [1.54, 1.807) is 6.07 Å². The molecule has 1 aromatic carbocycles. The molecule has 0 unspecified atom stereocenters. The Morgan fingerprint density at radius 1 is 1.42 bits per heavy atom. The van der Waals surface area contributed by atoms with Crippen LogP contribution in [0, 0.1) is 25.0 Å². The van der Waals surface area contributed by atoms with Crippen molar-refractivity contribution in [3.8, 4) is 11.8 Å². The highest BCUT2D eigenvalue weighted by Gasteiger charge is 2.20. The van der Waals surface area contributed by atoms with Crippen molar-refractivity contribution >= 4 is 44.2 Å². The number of hydrogen-bond donors (Lipinski definition) is 0. The highest BCUT2D eigenvalue weighted by atomic mass is 127. The van der Waals surface area contributed by atoms with Crippen LogP contribution in [0.5, 0.6) is 5.75 Å². The van der Waals surface area contributed by atoms with Gasteiger partial charge in [-0.05, 0) is 47.9 Å². The van der Waals surface area contributed by atoms with E-state index in [1.807, 2.05) is 28.7 Å². The molecule has 0 aliphatic carbocycles. The average Bonchev–Trinajstić information content (AvgIpc) is 2.39. The first-order valence-electron chi connectivity index (χ1n) is 5.67. The fourth-order valence-electron chi connectivity index (χ4n) is 1.47. The molecule has 0 amide bonds. The molecule has 0 aliphatic heterocycles. The molecule has 0 N–H and O–H groups in total. The molecule has 19 heavy (non-hydrogen) atoms. The van der Waals surface area contributed by atoms with Crippen molar-refractivity contribution in [1.29, 1.82) is 5.26 Å². The van der Waals surface area contributed by atoms with Crippen molar-refractivity contribution in [1.82, 2.24) is 0 Å². The molecule has 0 atom stereocenters. The quantitative estimate of drug-likeness (QED) is 0.212. The third-order valence-corrected chi connectivity index (χ3v) is 3.74. The zero-order valence-electron chi connectivity index (χ0n) is 10.1. The van der Waals surface area contributed by atoms with Gasteiger partial charge in [-0.15, -0.1) is 0 Å². The molecule has 5 nitrogen and oxygen atoms in total. The van der Waals surface area contributed by atoms with Crippen molar-refractivity contribution in [2.24, 2.45) is 0 Å². The van der Waals surface area contributed by atoms with Crippen LogP contribution in [0.15, 0.2) is 12.1 Å². The molecule has 1 rings (SSSR count). The number of unbranched alkanes of at least 4 members (excludes halogenated alkanes) is 2. The van der Waals surface area contributed by atoms with Crippen molar-refractivity contribution in [2.75, 3.05) is 11.9 Å². The fraction of sp³-hybridized carbons (Fsp3) is 0.417. The fourth-order valence-corrected chi connectivity index (χ4v) is 2.63. The molecule has 7 heteroatoms. The summed E-state index contributed by atoms with van der Waals surface area (Å²) in [6, 6.07) is 4.73. The van der Waals surface area contributed by atoms with Gasteiger partial charge in [-0.25, -0.2) is 0 Å². The second kappa shape index (κ2) is 8.32. The second-order valence-electron chi connectivity index (χ2n) is 3.77. The molecule has 1 aromatic rings. The van der Waals surface area contributed by atoms with Gasteiger partial charge in [0.05, 0.1) is 26.7 Å². The first kappa shape index (κ1) is 16.2. The summed E-state index contributed by atoms with van der Waals surface area (Å²) in [4.78, 5) is 10.5. The van der Waals surface area contributed by atoms with Crippen LogP contribution in [0.2, 0.25) is 0 Å². The lowest BCUT2D eigenvalue weighted by Gasteiger charge is -2.08. The van der Waals surface area contributed by atoms with Gasteiger partial charge in [0.25, 0.3) is 0 Å². The number of nitriles is 1. The van der Waals surface area contributed by atoms with Gasteiger partial charge in [0.2, 0.25) is 5.75 Å². The molecule has 0 spiro atoms. The highest BCUT2D eigenvalue weighted by Crippen LogP contribution is 2.33. The predicted molar refractivity (Wildman–Crippen MR) is 83.7 cm³/mol. The van der Waals surface area contributed by atoms with Crippen LogP contribution in [0.25, 0.3) is 0 Å². The summed E-state index contributed by atoms with van der Waals surface area (Å²) >= 11 is 5.29. The first-order valence-corrected chi connectivity index (χ1v) is 7.87. The lowest BCUT2D eigenvalue weighted by Crippen LogP contribution is -2.03. The van der Waals surface area contributed by atoms with Gasteiger partial charge in [-0.2, -0.15) is 5.26 Å². The number of ether oxygens (including phenoxy) is 1. The molecule has 102 valence electrons. The Hall–Kier alpha value is -0.880. The summed E-state index contributed by atoms with van der Waals surface area (Å²) in [5.41, 5.74) is 0.117. The number of halogens is 2. The number of nitrogens with zero attached hydrogens (tertiary/aromatic N) is 2. The smallest absolute Gasteiger partial charge is 0.313 e. The molecular formula is C12H12BrIN2O3. The summed E-state index contributed by atoms with van der Waals surface area (Å²) in [5.74, 6) is 0.253. The maximum atomic E-state index is 11.0. The monoisotopic (exact) mass is 438 g/mol. The standard InChI is InChI=1S/C12H12BrIN2O3/c13-4-2-1-3-5-19-12-10(14)6-9(8-15)7-11(12)16(17)18/h6-7H,1-5H2. The van der Waals surface area contributed by atoms with Gasteiger partial charge in [0.15, 0.2) is 0 Å². The van der Waals surface area contributed by atoms with E-state index < -0.39 is 4.92 Å². The van der Waals surface area contributed by atoms with E-state index >= 15 is 0 Å². The van der Waals surface area contributed by atoms with Gasteiger partial charge >= 0.3 is 5.69 Å². The molecular weight excluding hydrogens is 427 g/mol. The van der Waals surface area contributed by atoms with E-state index in [9.17, 15) is 10.1 Å². The first-order chi connectivity index (χ1) is 9.10. The summed E-state index contributed by atoms with van der Waals surface area (Å²) < 4.78 is 6.09. The lowest BCUT2D eigenvalue weighted by atomic mass is 10.2. The number of hydrogen-bond acceptors (Lipinski definition) is 4. The average molecular weight is 439 g/mol. The van der Waals surface area contributed by atoms with Gasteiger partial charge in [-0.3, -0.25) is 10.1 Å². The summed E-state index contributed by atoms with van der Waals surface area (Å²) in [6.07, 6.45) is 2.90. The Kier molecular flexibility index (Phi) is 7.09. The summed E-state index contributed by atoms with van der Waals surface area (Å²) in [7, 11) is 0. The minimum absolute atomic E-state index is 0.149. The maximum absolute atomic E-state index is 11.0. The molecule has 0 aromatic heterocycles. The molecule has 0 heterocycles. The van der Waals surface area contributed by atoms with E-state index in [4.69, 9.17) is 10.00 Å². The second-order valence-corrected chi connectivity index (χ2v) is 5.73. The Bertz CT molecular complexity index is 502. The minimum atomic E-state index is -0.517. The van der Waals surface area contributed by atoms with Crippen molar-refractivity contribution in [3.05, 3.63) is 31.4 Å². The number of benzene rings is 1. The lowest BCUT2D eigenvalue weighted by molar-refractivity contribution is -0.386. The van der Waals surface area contributed by atoms with Gasteiger partial charge in [0, 0.05) is 11.4 Å². The van der Waals surface area contributed by atoms with Gasteiger partial charge in [0.1, 0.15) is 0 Å². The van der Waals surface area contributed by atoms with E-state index in [0.29, 0.717) is 10.2 Å². The highest BCUT2D eigenvalue weighted by molar-refractivity contribution is 14.1. The van der Waals surface area contributed by atoms with E-state index in [0.717, 1.165) is 24.6 Å². The third kappa shape index (κ3) is 4.95. The van der Waals surface area contributed by atoms with Gasteiger partial charge in [-0.1, -0.05) is 15.9 Å². The largest absolute Gasteiger partial charge is 0.486 e. The van der Waals surface area contributed by atoms with Crippen LogP contribution in [-0.4, -0.2) is 16.9 Å². The van der Waals surface area contributed by atoms with Crippen LogP contribution >= 0.6 is 38.5 Å². The van der Waals surface area contributed by atoms with E-state index in [-0.39, 0.29) is 17.0 Å². The Labute approximate surface area is 133 Å². The molecule has 0 fully saturated rings. The van der Waals surface area contributed by atoms with Crippen LogP contribution < -0.4 is 4.74 Å². The Morgan fingerprint density at radius 3 is 2.74 bits per heavy atom. The Morgan fingerprint density at radius 2 is 2.16 bits per heavy atom. The molecule has 0 bridgehead atoms. The number of nitro benzene ring substituents is 1. The number of nitro groups is 1. The van der Waals surface area contributed by atoms with Crippen LogP contribution in [0.1, 0.15) is 24.8 Å². The van der Waals surface area contributed by atoms with Crippen LogP contribution in [0.3, 0.4) is 0 Å². The Balaban J connectivity index is 2.81. The van der Waals surface area contributed by atoms with Crippen molar-refractivity contribution < 1.29 is 9.66 Å². The van der Waals surface area contributed by atoms with Crippen molar-refractivity contribution in [3.63, 3.8) is 0 Å². The third-order valence-electron chi connectivity index (χ3n) is 2.37. The van der Waals surface area contributed by atoms with Crippen molar-refractivity contribution in [2.45, 2.75) is 19.3 Å². The van der Waals surface area contributed by atoms with Gasteiger partial charge < -0.3 is 4.74 Å². The normalized spacial score (nSPS) is 9.95. The summed E-state index contributed by atoms with van der Waals surface area (Å²) in [6.45, 7) is 0.440. The maximum Gasteiger partial charge on any atom is 0.313 e. The van der Waals surface area contributed by atoms with Crippen LogP contribution in [0.4, 0.5) is 5.69 Å². The van der Waals surface area contributed by atoms with E-state index in [2.05, 4.69) is 15.9 Å². The number of alkyl halides is 1. The zero-order chi connectivity index (χ0) is 14.3. The molecule has 0 saturated heterocycles. The summed E-state index contributed by atoms with van der Waals surface area (Å²) in [5, 5.41) is 20.7.